The van der Waals surface area contributed by atoms with Gasteiger partial charge < -0.3 is 16.2 Å². The zero-order valence-corrected chi connectivity index (χ0v) is 11.1. The van der Waals surface area contributed by atoms with E-state index in [1.54, 1.807) is 13.8 Å². The quantitative estimate of drug-likeness (QED) is 0.660. The molecule has 0 saturated carbocycles. The van der Waals surface area contributed by atoms with E-state index >= 15 is 0 Å². The molecule has 0 heterocycles. The molecule has 0 aliphatic carbocycles. The minimum absolute atomic E-state index is 0.0983. The van der Waals surface area contributed by atoms with Crippen LogP contribution in [0, 0.1) is 5.41 Å². The highest BCUT2D eigenvalue weighted by Crippen LogP contribution is 2.20. The molecule has 16 heavy (non-hydrogen) atoms. The predicted octanol–water partition coefficient (Wildman–Crippen LogP) is 1.03. The SMILES string of the molecule is CC(C)(C)CC(N)CC(=O)NCC(C)(C)O. The van der Waals surface area contributed by atoms with Gasteiger partial charge in [-0.1, -0.05) is 20.8 Å². The lowest BCUT2D eigenvalue weighted by molar-refractivity contribution is -0.122. The van der Waals surface area contributed by atoms with Crippen LogP contribution in [0.25, 0.3) is 0 Å². The summed E-state index contributed by atoms with van der Waals surface area (Å²) in [7, 11) is 0. The lowest BCUT2D eigenvalue weighted by atomic mass is 9.87. The molecule has 0 spiro atoms. The summed E-state index contributed by atoms with van der Waals surface area (Å²) in [6.45, 7) is 9.86. The zero-order chi connectivity index (χ0) is 13.0. The van der Waals surface area contributed by atoms with Gasteiger partial charge in [-0.15, -0.1) is 0 Å². The van der Waals surface area contributed by atoms with Crippen molar-refractivity contribution in [2.45, 2.75) is 59.1 Å². The number of nitrogens with two attached hydrogens (primary N) is 1. The van der Waals surface area contributed by atoms with Crippen molar-refractivity contribution in [3.8, 4) is 0 Å². The van der Waals surface area contributed by atoms with Gasteiger partial charge in [-0.25, -0.2) is 0 Å². The number of nitrogens with one attached hydrogen (secondary N) is 1. The smallest absolute Gasteiger partial charge is 0.221 e. The fourth-order valence-corrected chi connectivity index (χ4v) is 1.48. The van der Waals surface area contributed by atoms with Crippen molar-refractivity contribution in [1.29, 1.82) is 0 Å². The van der Waals surface area contributed by atoms with Crippen LogP contribution in [-0.2, 0) is 4.79 Å². The Balaban J connectivity index is 3.88. The number of hydrogen-bond acceptors (Lipinski definition) is 3. The van der Waals surface area contributed by atoms with Gasteiger partial charge >= 0.3 is 0 Å². The van der Waals surface area contributed by atoms with E-state index in [1.165, 1.54) is 0 Å². The molecule has 0 rings (SSSR count). The third-order valence-electron chi connectivity index (χ3n) is 2.04. The first-order valence-electron chi connectivity index (χ1n) is 5.74. The van der Waals surface area contributed by atoms with Crippen molar-refractivity contribution >= 4 is 5.91 Å². The molecule has 4 nitrogen and oxygen atoms in total. The summed E-state index contributed by atoms with van der Waals surface area (Å²) in [5.41, 5.74) is 5.14. The molecule has 1 unspecified atom stereocenters. The lowest BCUT2D eigenvalue weighted by Crippen LogP contribution is -2.41. The summed E-state index contributed by atoms with van der Waals surface area (Å²) in [4.78, 5) is 11.5. The largest absolute Gasteiger partial charge is 0.389 e. The normalized spacial score (nSPS) is 14.7. The molecule has 0 saturated heterocycles. The van der Waals surface area contributed by atoms with Crippen molar-refractivity contribution in [3.63, 3.8) is 0 Å². The number of rotatable bonds is 5. The topological polar surface area (TPSA) is 75.4 Å². The number of hydrogen-bond donors (Lipinski definition) is 3. The van der Waals surface area contributed by atoms with Gasteiger partial charge in [0.15, 0.2) is 0 Å². The van der Waals surface area contributed by atoms with E-state index in [0.717, 1.165) is 6.42 Å². The summed E-state index contributed by atoms with van der Waals surface area (Å²) in [6.07, 6.45) is 1.12. The monoisotopic (exact) mass is 230 g/mol. The second kappa shape index (κ2) is 5.64. The highest BCUT2D eigenvalue weighted by atomic mass is 16.3. The molecule has 0 aromatic heterocycles. The second-order valence-corrected chi connectivity index (χ2v) is 6.32. The summed E-state index contributed by atoms with van der Waals surface area (Å²) in [5, 5.41) is 12.1. The lowest BCUT2D eigenvalue weighted by Gasteiger charge is -2.23. The van der Waals surface area contributed by atoms with Gasteiger partial charge in [0, 0.05) is 19.0 Å². The van der Waals surface area contributed by atoms with Crippen LogP contribution >= 0.6 is 0 Å². The Bertz CT molecular complexity index is 226. The minimum atomic E-state index is -0.871. The van der Waals surface area contributed by atoms with Gasteiger partial charge in [0.05, 0.1) is 5.60 Å². The maximum atomic E-state index is 11.5. The van der Waals surface area contributed by atoms with E-state index in [9.17, 15) is 9.90 Å². The molecule has 1 atom stereocenters. The molecule has 0 aromatic carbocycles. The second-order valence-electron chi connectivity index (χ2n) is 6.32. The maximum absolute atomic E-state index is 11.5. The molecule has 0 aliphatic heterocycles. The van der Waals surface area contributed by atoms with Crippen molar-refractivity contribution in [3.05, 3.63) is 0 Å². The van der Waals surface area contributed by atoms with Crippen LogP contribution in [0.15, 0.2) is 0 Å². The van der Waals surface area contributed by atoms with E-state index in [2.05, 4.69) is 26.1 Å². The maximum Gasteiger partial charge on any atom is 0.221 e. The molecular weight excluding hydrogens is 204 g/mol. The van der Waals surface area contributed by atoms with Crippen LogP contribution in [-0.4, -0.2) is 29.2 Å². The van der Waals surface area contributed by atoms with Crippen LogP contribution in [0.1, 0.15) is 47.5 Å². The van der Waals surface area contributed by atoms with Gasteiger partial charge in [0.1, 0.15) is 0 Å². The first kappa shape index (κ1) is 15.4. The number of aliphatic hydroxyl groups is 1. The Labute approximate surface area is 98.6 Å². The average molecular weight is 230 g/mol. The van der Waals surface area contributed by atoms with E-state index in [0.29, 0.717) is 6.42 Å². The Morgan fingerprint density at radius 3 is 2.19 bits per heavy atom. The first-order valence-corrected chi connectivity index (χ1v) is 5.74. The average Bonchev–Trinajstić information content (AvgIpc) is 1.95. The standard InChI is InChI=1S/C12H26N2O2/c1-11(2,3)7-9(13)6-10(15)14-8-12(4,5)16/h9,16H,6-8,13H2,1-5H3,(H,14,15). The fraction of sp³-hybridized carbons (Fsp3) is 0.917. The summed E-state index contributed by atoms with van der Waals surface area (Å²) >= 11 is 0. The third kappa shape index (κ3) is 9.93. The Kier molecular flexibility index (Phi) is 5.42. The first-order chi connectivity index (χ1) is 6.99. The Morgan fingerprint density at radius 2 is 1.81 bits per heavy atom. The molecule has 0 aromatic rings. The molecule has 4 N–H and O–H groups in total. The fourth-order valence-electron chi connectivity index (χ4n) is 1.48. The van der Waals surface area contributed by atoms with Crippen LogP contribution in [0.3, 0.4) is 0 Å². The number of amides is 1. The molecule has 0 fully saturated rings. The zero-order valence-electron chi connectivity index (χ0n) is 11.1. The summed E-state index contributed by atoms with van der Waals surface area (Å²) in [5.74, 6) is -0.0983. The van der Waals surface area contributed by atoms with Gasteiger partial charge in [-0.05, 0) is 25.7 Å². The van der Waals surface area contributed by atoms with Crippen LogP contribution in [0.2, 0.25) is 0 Å². The van der Waals surface area contributed by atoms with Crippen molar-refractivity contribution in [2.75, 3.05) is 6.54 Å². The highest BCUT2D eigenvalue weighted by Gasteiger charge is 2.19. The molecule has 0 bridgehead atoms. The number of carbonyl (C=O) groups excluding carboxylic acids is 1. The Morgan fingerprint density at radius 1 is 1.31 bits per heavy atom. The van der Waals surface area contributed by atoms with E-state index in [1.807, 2.05) is 0 Å². The van der Waals surface area contributed by atoms with Crippen molar-refractivity contribution in [2.24, 2.45) is 11.1 Å². The van der Waals surface area contributed by atoms with E-state index in [-0.39, 0.29) is 23.9 Å². The van der Waals surface area contributed by atoms with Gasteiger partial charge in [0.25, 0.3) is 0 Å². The molecule has 0 radical (unpaired) electrons. The molecule has 96 valence electrons. The van der Waals surface area contributed by atoms with Crippen LogP contribution in [0.5, 0.6) is 0 Å². The third-order valence-corrected chi connectivity index (χ3v) is 2.04. The molecular formula is C12H26N2O2. The van der Waals surface area contributed by atoms with Crippen LogP contribution < -0.4 is 11.1 Å². The van der Waals surface area contributed by atoms with Crippen molar-refractivity contribution in [1.82, 2.24) is 5.32 Å². The van der Waals surface area contributed by atoms with Gasteiger partial charge in [0.2, 0.25) is 5.91 Å². The van der Waals surface area contributed by atoms with E-state index < -0.39 is 5.60 Å². The van der Waals surface area contributed by atoms with E-state index in [4.69, 9.17) is 5.73 Å². The molecule has 1 amide bonds. The van der Waals surface area contributed by atoms with Gasteiger partial charge in [-0.2, -0.15) is 0 Å². The van der Waals surface area contributed by atoms with Gasteiger partial charge in [-0.3, -0.25) is 4.79 Å². The van der Waals surface area contributed by atoms with Crippen molar-refractivity contribution < 1.29 is 9.90 Å². The predicted molar refractivity (Wildman–Crippen MR) is 66.0 cm³/mol. The molecule has 4 heteroatoms. The summed E-state index contributed by atoms with van der Waals surface area (Å²) < 4.78 is 0. The molecule has 0 aliphatic rings. The minimum Gasteiger partial charge on any atom is -0.389 e. The Hall–Kier alpha value is -0.610. The van der Waals surface area contributed by atoms with Crippen LogP contribution in [0.4, 0.5) is 0 Å². The number of carbonyl (C=O) groups is 1. The highest BCUT2D eigenvalue weighted by molar-refractivity contribution is 5.76. The summed E-state index contributed by atoms with van der Waals surface area (Å²) in [6, 6.07) is -0.123.